The van der Waals surface area contributed by atoms with Crippen molar-refractivity contribution in [3.05, 3.63) is 41.1 Å². The minimum absolute atomic E-state index is 0.136. The van der Waals surface area contributed by atoms with Crippen LogP contribution < -0.4 is 5.32 Å². The Kier molecular flexibility index (Phi) is 6.15. The SMILES string of the molecule is CC(C)(C)n1nc([C@H]2CC[C@@H](O[Si](C)(C)C(C)(C)C)C2)cc1Nc1ccc2c(c1)CCC2=O. The van der Waals surface area contributed by atoms with Crippen LogP contribution in [0, 0.1) is 0 Å². The number of nitrogens with one attached hydrogen (secondary N) is 1. The van der Waals surface area contributed by atoms with Gasteiger partial charge in [-0.2, -0.15) is 5.10 Å². The van der Waals surface area contributed by atoms with Crippen molar-refractivity contribution in [3.8, 4) is 0 Å². The molecule has 180 valence electrons. The Morgan fingerprint density at radius 2 is 1.79 bits per heavy atom. The van der Waals surface area contributed by atoms with Crippen LogP contribution in [0.25, 0.3) is 0 Å². The van der Waals surface area contributed by atoms with Crippen molar-refractivity contribution in [2.45, 2.75) is 109 Å². The first-order chi connectivity index (χ1) is 15.2. The quantitative estimate of drug-likeness (QED) is 0.474. The molecular formula is C27H41N3O2Si. The maximum absolute atomic E-state index is 12.0. The Labute approximate surface area is 200 Å². The summed E-state index contributed by atoms with van der Waals surface area (Å²) in [6.07, 6.45) is 5.09. The van der Waals surface area contributed by atoms with Gasteiger partial charge in [-0.3, -0.25) is 4.79 Å². The van der Waals surface area contributed by atoms with Crippen LogP contribution in [-0.2, 0) is 16.4 Å². The summed E-state index contributed by atoms with van der Waals surface area (Å²) in [4.78, 5) is 12.0. The molecule has 2 atom stereocenters. The van der Waals surface area contributed by atoms with Gasteiger partial charge in [0.25, 0.3) is 0 Å². The molecule has 6 heteroatoms. The third kappa shape index (κ3) is 4.97. The summed E-state index contributed by atoms with van der Waals surface area (Å²) >= 11 is 0. The lowest BCUT2D eigenvalue weighted by Gasteiger charge is -2.38. The summed E-state index contributed by atoms with van der Waals surface area (Å²) in [5.41, 5.74) is 4.07. The number of hydrogen-bond acceptors (Lipinski definition) is 4. The van der Waals surface area contributed by atoms with E-state index in [0.717, 1.165) is 54.0 Å². The average molecular weight is 468 g/mol. The van der Waals surface area contributed by atoms with Gasteiger partial charge in [0.15, 0.2) is 14.1 Å². The van der Waals surface area contributed by atoms with Crippen LogP contribution in [0.1, 0.15) is 94.8 Å². The number of ketones is 1. The van der Waals surface area contributed by atoms with E-state index < -0.39 is 8.32 Å². The van der Waals surface area contributed by atoms with Gasteiger partial charge in [0.1, 0.15) is 5.82 Å². The van der Waals surface area contributed by atoms with E-state index in [1.54, 1.807) is 0 Å². The van der Waals surface area contributed by atoms with E-state index in [-0.39, 0.29) is 16.4 Å². The lowest BCUT2D eigenvalue weighted by Crippen LogP contribution is -2.43. The number of carbonyl (C=O) groups is 1. The molecule has 4 rings (SSSR count). The molecule has 0 amide bonds. The van der Waals surface area contributed by atoms with Gasteiger partial charge in [-0.05, 0) is 88.3 Å². The minimum Gasteiger partial charge on any atom is -0.414 e. The van der Waals surface area contributed by atoms with E-state index in [2.05, 4.69) is 76.8 Å². The number of carbonyl (C=O) groups excluding carboxylic acids is 1. The third-order valence-corrected chi connectivity index (χ3v) is 12.3. The Hall–Kier alpha value is -1.92. The maximum Gasteiger partial charge on any atom is 0.192 e. The number of hydrogen-bond donors (Lipinski definition) is 1. The third-order valence-electron chi connectivity index (χ3n) is 7.73. The molecule has 1 heterocycles. The standard InChI is InChI=1S/C27H41N3O2Si/c1-26(2,3)30-25(28-20-11-13-22-18(15-20)10-14-24(22)31)17-23(29-30)19-9-12-21(16-19)32-33(7,8)27(4,5)6/h11,13,15,17,19,21,28H,9-10,12,14,16H2,1-8H3/t19-,21+/m0/s1. The molecular weight excluding hydrogens is 426 g/mol. The lowest BCUT2D eigenvalue weighted by atomic mass is 10.0. The Bertz CT molecular complexity index is 1040. The van der Waals surface area contributed by atoms with Crippen molar-refractivity contribution in [2.24, 2.45) is 0 Å². The molecule has 0 radical (unpaired) electrons. The highest BCUT2D eigenvalue weighted by Gasteiger charge is 2.41. The van der Waals surface area contributed by atoms with Crippen molar-refractivity contribution in [2.75, 3.05) is 5.32 Å². The zero-order valence-corrected chi connectivity index (χ0v) is 22.7. The van der Waals surface area contributed by atoms with Crippen LogP contribution in [0.4, 0.5) is 11.5 Å². The van der Waals surface area contributed by atoms with Crippen molar-refractivity contribution >= 4 is 25.6 Å². The molecule has 1 saturated carbocycles. The van der Waals surface area contributed by atoms with Gasteiger partial charge in [0.2, 0.25) is 0 Å². The summed E-state index contributed by atoms with van der Waals surface area (Å²) in [6.45, 7) is 18.2. The zero-order valence-electron chi connectivity index (χ0n) is 21.7. The number of benzene rings is 1. The maximum atomic E-state index is 12.0. The summed E-state index contributed by atoms with van der Waals surface area (Å²) in [5.74, 6) is 1.70. The molecule has 1 N–H and O–H groups in total. The highest BCUT2D eigenvalue weighted by Crippen LogP contribution is 2.43. The number of aryl methyl sites for hydroxylation is 1. The van der Waals surface area contributed by atoms with Crippen LogP contribution in [-0.4, -0.2) is 30.0 Å². The summed E-state index contributed by atoms with van der Waals surface area (Å²) in [6, 6.07) is 8.33. The number of rotatable bonds is 5. The van der Waals surface area contributed by atoms with Crippen LogP contribution in [0.15, 0.2) is 24.3 Å². The molecule has 1 aromatic heterocycles. The fourth-order valence-electron chi connectivity index (χ4n) is 4.79. The molecule has 2 aliphatic carbocycles. The van der Waals surface area contributed by atoms with Crippen molar-refractivity contribution in [1.82, 2.24) is 9.78 Å². The second kappa shape index (κ2) is 8.38. The van der Waals surface area contributed by atoms with Crippen LogP contribution >= 0.6 is 0 Å². The fourth-order valence-corrected chi connectivity index (χ4v) is 6.19. The van der Waals surface area contributed by atoms with Gasteiger partial charge in [0, 0.05) is 35.8 Å². The fraction of sp³-hybridized carbons (Fsp3) is 0.630. The molecule has 0 saturated heterocycles. The molecule has 2 aliphatic rings. The summed E-state index contributed by atoms with van der Waals surface area (Å²) < 4.78 is 8.84. The first kappa shape index (κ1) is 24.2. The average Bonchev–Trinajstić information content (AvgIpc) is 3.39. The molecule has 0 aliphatic heterocycles. The first-order valence-corrected chi connectivity index (χ1v) is 15.4. The van der Waals surface area contributed by atoms with E-state index in [9.17, 15) is 4.79 Å². The van der Waals surface area contributed by atoms with E-state index in [0.29, 0.717) is 18.4 Å². The topological polar surface area (TPSA) is 56.1 Å². The van der Waals surface area contributed by atoms with E-state index in [4.69, 9.17) is 9.52 Å². The van der Waals surface area contributed by atoms with Crippen molar-refractivity contribution in [3.63, 3.8) is 0 Å². The van der Waals surface area contributed by atoms with Gasteiger partial charge in [-0.15, -0.1) is 0 Å². The van der Waals surface area contributed by atoms with E-state index in [1.807, 2.05) is 12.1 Å². The second-order valence-electron chi connectivity index (χ2n) is 12.5. The Morgan fingerprint density at radius 1 is 1.06 bits per heavy atom. The smallest absolute Gasteiger partial charge is 0.192 e. The highest BCUT2D eigenvalue weighted by molar-refractivity contribution is 6.74. The lowest BCUT2D eigenvalue weighted by molar-refractivity contribution is 0.0994. The number of Topliss-reactive ketones (excluding diaryl/α,β-unsaturated/α-hetero) is 1. The number of aromatic nitrogens is 2. The molecule has 0 bridgehead atoms. The number of fused-ring (bicyclic) bond motifs is 1. The van der Waals surface area contributed by atoms with Gasteiger partial charge in [-0.25, -0.2) is 4.68 Å². The van der Waals surface area contributed by atoms with Crippen molar-refractivity contribution < 1.29 is 9.22 Å². The first-order valence-electron chi connectivity index (χ1n) is 12.5. The van der Waals surface area contributed by atoms with Gasteiger partial charge >= 0.3 is 0 Å². The molecule has 1 aromatic carbocycles. The molecule has 2 aromatic rings. The summed E-state index contributed by atoms with van der Waals surface area (Å²) in [5, 5.41) is 8.91. The largest absolute Gasteiger partial charge is 0.414 e. The number of anilines is 2. The second-order valence-corrected chi connectivity index (χ2v) is 17.2. The molecule has 5 nitrogen and oxygen atoms in total. The molecule has 0 unspecified atom stereocenters. The Balaban J connectivity index is 1.53. The minimum atomic E-state index is -1.76. The van der Waals surface area contributed by atoms with Gasteiger partial charge in [0.05, 0.1) is 11.2 Å². The zero-order chi connectivity index (χ0) is 24.2. The molecule has 1 fully saturated rings. The van der Waals surface area contributed by atoms with Crippen LogP contribution in [0.2, 0.25) is 18.1 Å². The van der Waals surface area contributed by atoms with Gasteiger partial charge < -0.3 is 9.74 Å². The molecule has 0 spiro atoms. The normalized spacial score (nSPS) is 21.5. The monoisotopic (exact) mass is 467 g/mol. The predicted molar refractivity (Wildman–Crippen MR) is 138 cm³/mol. The predicted octanol–water partition coefficient (Wildman–Crippen LogP) is 7.17. The van der Waals surface area contributed by atoms with Crippen LogP contribution in [0.5, 0.6) is 0 Å². The van der Waals surface area contributed by atoms with E-state index >= 15 is 0 Å². The summed E-state index contributed by atoms with van der Waals surface area (Å²) in [7, 11) is -1.76. The molecule has 33 heavy (non-hydrogen) atoms. The van der Waals surface area contributed by atoms with E-state index in [1.165, 1.54) is 0 Å². The Morgan fingerprint density at radius 3 is 2.45 bits per heavy atom. The van der Waals surface area contributed by atoms with Crippen LogP contribution in [0.3, 0.4) is 0 Å². The number of nitrogens with zero attached hydrogens (tertiary/aromatic N) is 2. The van der Waals surface area contributed by atoms with Crippen molar-refractivity contribution in [1.29, 1.82) is 0 Å². The highest BCUT2D eigenvalue weighted by atomic mass is 28.4. The van der Waals surface area contributed by atoms with Gasteiger partial charge in [-0.1, -0.05) is 20.8 Å².